The summed E-state index contributed by atoms with van der Waals surface area (Å²) in [6.45, 7) is 3.26. The topological polar surface area (TPSA) is 67.6 Å². The largest absolute Gasteiger partial charge is 0.380 e. The molecule has 4 fully saturated rings. The fourth-order valence-electron chi connectivity index (χ4n) is 6.53. The highest BCUT2D eigenvalue weighted by Gasteiger charge is 2.54. The number of likely N-dealkylation sites (tertiary alicyclic amines) is 2. The zero-order chi connectivity index (χ0) is 21.5. The van der Waals surface area contributed by atoms with Crippen LogP contribution in [0.5, 0.6) is 0 Å². The lowest BCUT2D eigenvalue weighted by Gasteiger charge is -2.57. The minimum Gasteiger partial charge on any atom is -0.380 e. The first kappa shape index (κ1) is 21.0. The van der Waals surface area contributed by atoms with Gasteiger partial charge in [-0.05, 0) is 87.8 Å². The van der Waals surface area contributed by atoms with Crippen LogP contribution in [0.15, 0.2) is 30.3 Å². The lowest BCUT2D eigenvalue weighted by Crippen LogP contribution is -2.73. The van der Waals surface area contributed by atoms with Gasteiger partial charge in [0.25, 0.3) is 5.91 Å². The minimum absolute atomic E-state index is 0.103. The van der Waals surface area contributed by atoms with E-state index in [0.29, 0.717) is 32.4 Å². The van der Waals surface area contributed by atoms with Gasteiger partial charge in [0, 0.05) is 13.1 Å². The Labute approximate surface area is 186 Å². The molecule has 31 heavy (non-hydrogen) atoms. The molecule has 2 aliphatic carbocycles. The lowest BCUT2D eigenvalue weighted by molar-refractivity contribution is -0.166. The van der Waals surface area contributed by atoms with Gasteiger partial charge >= 0.3 is 0 Å². The Morgan fingerprint density at radius 2 is 1.81 bits per heavy atom. The van der Waals surface area contributed by atoms with Crippen LogP contribution in [0.2, 0.25) is 0 Å². The number of aliphatic hydroxyl groups is 1. The van der Waals surface area contributed by atoms with Crippen molar-refractivity contribution in [1.29, 1.82) is 5.26 Å². The van der Waals surface area contributed by atoms with Crippen molar-refractivity contribution >= 4 is 5.91 Å². The van der Waals surface area contributed by atoms with E-state index in [1.165, 1.54) is 31.2 Å². The van der Waals surface area contributed by atoms with Crippen molar-refractivity contribution in [3.63, 3.8) is 0 Å². The van der Waals surface area contributed by atoms with E-state index in [4.69, 9.17) is 0 Å². The van der Waals surface area contributed by atoms with Crippen molar-refractivity contribution in [1.82, 2.24) is 9.80 Å². The Bertz CT molecular complexity index is 828. The molecule has 1 aromatic carbocycles. The Morgan fingerprint density at radius 1 is 1.13 bits per heavy atom. The minimum atomic E-state index is -1.15. The number of amides is 1. The van der Waals surface area contributed by atoms with Gasteiger partial charge in [0.05, 0.1) is 18.0 Å². The third-order valence-corrected chi connectivity index (χ3v) is 8.57. The second-order valence-electron chi connectivity index (χ2n) is 10.6. The summed E-state index contributed by atoms with van der Waals surface area (Å²) in [6.07, 6.45) is 8.57. The number of rotatable bonds is 6. The van der Waals surface area contributed by atoms with Gasteiger partial charge in [-0.2, -0.15) is 5.26 Å². The maximum atomic E-state index is 12.8. The average Bonchev–Trinajstić information content (AvgIpc) is 3.39. The van der Waals surface area contributed by atoms with Crippen molar-refractivity contribution in [3.8, 4) is 6.07 Å². The van der Waals surface area contributed by atoms with Gasteiger partial charge in [-0.25, -0.2) is 0 Å². The van der Waals surface area contributed by atoms with Crippen LogP contribution in [0.25, 0.3) is 0 Å². The summed E-state index contributed by atoms with van der Waals surface area (Å²) >= 11 is 0. The van der Waals surface area contributed by atoms with Gasteiger partial charge in [-0.3, -0.25) is 9.69 Å². The number of carbonyl (C=O) groups excluding carboxylic acids is 1. The molecule has 2 saturated heterocycles. The van der Waals surface area contributed by atoms with Gasteiger partial charge in [0.2, 0.25) is 0 Å². The van der Waals surface area contributed by atoms with E-state index in [9.17, 15) is 15.2 Å². The molecule has 166 valence electrons. The molecule has 0 bridgehead atoms. The van der Waals surface area contributed by atoms with Crippen LogP contribution in [0, 0.1) is 23.2 Å². The maximum absolute atomic E-state index is 12.8. The number of nitrogens with zero attached hydrogens (tertiary/aromatic N) is 3. The lowest BCUT2D eigenvalue weighted by atomic mass is 9.80. The predicted octanol–water partition coefficient (Wildman–Crippen LogP) is 3.69. The molecule has 5 nitrogen and oxygen atoms in total. The Kier molecular flexibility index (Phi) is 5.56. The second kappa shape index (κ2) is 8.22. The first-order valence-electron chi connectivity index (χ1n) is 12.2. The molecule has 2 saturated carbocycles. The Balaban J connectivity index is 1.12. The van der Waals surface area contributed by atoms with Crippen LogP contribution in [0.4, 0.5) is 0 Å². The number of hydrogen-bond acceptors (Lipinski definition) is 4. The molecule has 2 aliphatic heterocycles. The van der Waals surface area contributed by atoms with Crippen molar-refractivity contribution in [2.24, 2.45) is 11.8 Å². The van der Waals surface area contributed by atoms with Crippen LogP contribution in [0.3, 0.4) is 0 Å². The first-order chi connectivity index (χ1) is 15.0. The van der Waals surface area contributed by atoms with E-state index in [-0.39, 0.29) is 11.4 Å². The molecule has 0 radical (unpaired) electrons. The summed E-state index contributed by atoms with van der Waals surface area (Å²) < 4.78 is 0. The molecule has 2 heterocycles. The van der Waals surface area contributed by atoms with Crippen LogP contribution in [-0.2, 0) is 4.79 Å². The maximum Gasteiger partial charge on any atom is 0.254 e. The highest BCUT2D eigenvalue weighted by molar-refractivity contribution is 5.86. The molecule has 4 aliphatic rings. The zero-order valence-corrected chi connectivity index (χ0v) is 18.5. The standard InChI is InChI=1S/C26H35N3O2/c27-13-12-25(18-28(19-25)24(30)26(31)10-4-5-11-26)29-14-8-20(9-15-29)16-22-17-23(22)21-6-2-1-3-7-21/h1-3,6-7,20,22-23,31H,4-5,8-12,14-19H2/t22-,23?/m1/s1. The van der Waals surface area contributed by atoms with Crippen LogP contribution in [0.1, 0.15) is 69.3 Å². The molecule has 5 heteroatoms. The first-order valence-corrected chi connectivity index (χ1v) is 12.2. The molecule has 1 unspecified atom stereocenters. The van der Waals surface area contributed by atoms with Gasteiger partial charge in [0.1, 0.15) is 5.60 Å². The molecule has 1 N–H and O–H groups in total. The monoisotopic (exact) mass is 421 g/mol. The van der Waals surface area contributed by atoms with E-state index < -0.39 is 5.60 Å². The van der Waals surface area contributed by atoms with Crippen LogP contribution >= 0.6 is 0 Å². The van der Waals surface area contributed by atoms with Crippen LogP contribution in [-0.4, -0.2) is 58.1 Å². The van der Waals surface area contributed by atoms with Gasteiger partial charge in [-0.1, -0.05) is 30.3 Å². The molecule has 1 aromatic rings. The second-order valence-corrected chi connectivity index (χ2v) is 10.6. The van der Waals surface area contributed by atoms with E-state index in [0.717, 1.165) is 43.7 Å². The summed E-state index contributed by atoms with van der Waals surface area (Å²) in [5, 5.41) is 20.1. The summed E-state index contributed by atoms with van der Waals surface area (Å²) in [5.74, 6) is 2.29. The number of hydrogen-bond donors (Lipinski definition) is 1. The van der Waals surface area contributed by atoms with Crippen molar-refractivity contribution < 1.29 is 9.90 Å². The normalized spacial score (nSPS) is 29.9. The highest BCUT2D eigenvalue weighted by atomic mass is 16.3. The third kappa shape index (κ3) is 4.01. The summed E-state index contributed by atoms with van der Waals surface area (Å²) in [5.41, 5.74) is 0.156. The molecular weight excluding hydrogens is 386 g/mol. The van der Waals surface area contributed by atoms with Crippen molar-refractivity contribution in [2.75, 3.05) is 26.2 Å². The van der Waals surface area contributed by atoms with E-state index >= 15 is 0 Å². The van der Waals surface area contributed by atoms with Crippen LogP contribution < -0.4 is 0 Å². The van der Waals surface area contributed by atoms with Crippen molar-refractivity contribution in [3.05, 3.63) is 35.9 Å². The summed E-state index contributed by atoms with van der Waals surface area (Å²) in [7, 11) is 0. The van der Waals surface area contributed by atoms with Gasteiger partial charge in [-0.15, -0.1) is 0 Å². The zero-order valence-electron chi connectivity index (χ0n) is 18.5. The summed E-state index contributed by atoms with van der Waals surface area (Å²) in [4.78, 5) is 17.1. The fourth-order valence-corrected chi connectivity index (χ4v) is 6.53. The Morgan fingerprint density at radius 3 is 2.45 bits per heavy atom. The molecule has 2 atom stereocenters. The van der Waals surface area contributed by atoms with E-state index in [2.05, 4.69) is 41.3 Å². The summed E-state index contributed by atoms with van der Waals surface area (Å²) in [6, 6.07) is 13.3. The average molecular weight is 422 g/mol. The smallest absolute Gasteiger partial charge is 0.254 e. The molecule has 1 amide bonds. The van der Waals surface area contributed by atoms with E-state index in [1.54, 1.807) is 0 Å². The predicted molar refractivity (Wildman–Crippen MR) is 119 cm³/mol. The number of piperidine rings is 1. The third-order valence-electron chi connectivity index (χ3n) is 8.57. The number of carbonyl (C=O) groups is 1. The van der Waals surface area contributed by atoms with E-state index in [1.807, 2.05) is 4.90 Å². The Hall–Kier alpha value is -1.90. The van der Waals surface area contributed by atoms with Gasteiger partial charge < -0.3 is 10.0 Å². The number of benzene rings is 1. The highest BCUT2D eigenvalue weighted by Crippen LogP contribution is 2.52. The molecule has 0 aromatic heterocycles. The van der Waals surface area contributed by atoms with Crippen molar-refractivity contribution in [2.45, 2.75) is 74.8 Å². The number of nitriles is 1. The SMILES string of the molecule is N#CCC1(N2CCC(C[C@@H]3CC3c3ccccc3)CC2)CN(C(=O)C2(O)CCCC2)C1. The van der Waals surface area contributed by atoms with Gasteiger partial charge in [0.15, 0.2) is 0 Å². The fraction of sp³-hybridized carbons (Fsp3) is 0.692. The molecular formula is C26H35N3O2. The molecule has 5 rings (SSSR count). The quantitative estimate of drug-likeness (QED) is 0.761. The molecule has 0 spiro atoms.